The number of anilines is 1. The van der Waals surface area contributed by atoms with Crippen LogP contribution in [0.5, 0.6) is 0 Å². The number of rotatable bonds is 5. The van der Waals surface area contributed by atoms with Gasteiger partial charge in [-0.15, -0.1) is 0 Å². The van der Waals surface area contributed by atoms with Crippen molar-refractivity contribution in [3.05, 3.63) is 48.2 Å². The van der Waals surface area contributed by atoms with Gasteiger partial charge in [-0.2, -0.15) is 0 Å². The first kappa shape index (κ1) is 19.2. The van der Waals surface area contributed by atoms with Gasteiger partial charge in [0.15, 0.2) is 0 Å². The molecule has 0 N–H and O–H groups in total. The van der Waals surface area contributed by atoms with E-state index in [1.54, 1.807) is 13.3 Å². The topological polar surface area (TPSA) is 65.5 Å². The number of amides is 1. The van der Waals surface area contributed by atoms with E-state index in [0.717, 1.165) is 56.4 Å². The maximum absolute atomic E-state index is 12.0. The van der Waals surface area contributed by atoms with Crippen LogP contribution in [0.3, 0.4) is 0 Å². The van der Waals surface area contributed by atoms with Crippen molar-refractivity contribution in [2.45, 2.75) is 19.9 Å². The van der Waals surface area contributed by atoms with Gasteiger partial charge in [-0.3, -0.25) is 14.7 Å². The quantitative estimate of drug-likeness (QED) is 0.796. The molecule has 2 aromatic heterocycles. The molecule has 1 aliphatic heterocycles. The van der Waals surface area contributed by atoms with Crippen molar-refractivity contribution in [1.29, 1.82) is 0 Å². The molecule has 2 aromatic rings. The second-order valence-electron chi connectivity index (χ2n) is 7.35. The average Bonchev–Trinajstić information content (AvgIpc) is 2.85. The summed E-state index contributed by atoms with van der Waals surface area (Å²) in [6, 6.07) is 8.04. The van der Waals surface area contributed by atoms with Crippen molar-refractivity contribution >= 4 is 11.7 Å². The minimum absolute atomic E-state index is 0.136. The van der Waals surface area contributed by atoms with E-state index in [9.17, 15) is 4.79 Å². The largest absolute Gasteiger partial charge is 0.363 e. The molecule has 0 bridgehead atoms. The molecule has 0 aromatic carbocycles. The average molecular weight is 368 g/mol. The summed E-state index contributed by atoms with van der Waals surface area (Å²) < 4.78 is 0. The van der Waals surface area contributed by atoms with Gasteiger partial charge in [0.25, 0.3) is 0 Å². The molecule has 1 saturated heterocycles. The molecule has 1 fully saturated rings. The fourth-order valence-electron chi connectivity index (χ4n) is 3.50. The Morgan fingerprint density at radius 3 is 2.70 bits per heavy atom. The van der Waals surface area contributed by atoms with Crippen molar-refractivity contribution in [2.24, 2.45) is 5.92 Å². The fourth-order valence-corrected chi connectivity index (χ4v) is 3.50. The van der Waals surface area contributed by atoms with Crippen LogP contribution in [0, 0.1) is 5.92 Å². The fraction of sp³-hybridized carbons (Fsp3) is 0.500. The number of hydrogen-bond donors (Lipinski definition) is 0. The third-order valence-corrected chi connectivity index (χ3v) is 4.90. The van der Waals surface area contributed by atoms with Crippen LogP contribution in [-0.2, 0) is 17.8 Å². The lowest BCUT2D eigenvalue weighted by Gasteiger charge is -2.24. The molecule has 3 rings (SSSR count). The van der Waals surface area contributed by atoms with Crippen LogP contribution in [0.25, 0.3) is 0 Å². The van der Waals surface area contributed by atoms with Crippen molar-refractivity contribution in [3.8, 4) is 0 Å². The van der Waals surface area contributed by atoms with Crippen LogP contribution in [0.2, 0.25) is 0 Å². The summed E-state index contributed by atoms with van der Waals surface area (Å²) in [5.41, 5.74) is 2.08. The minimum Gasteiger partial charge on any atom is -0.363 e. The Labute approximate surface area is 161 Å². The van der Waals surface area contributed by atoms with Gasteiger partial charge in [0, 0.05) is 71.7 Å². The van der Waals surface area contributed by atoms with Gasteiger partial charge in [0.2, 0.25) is 5.91 Å². The van der Waals surface area contributed by atoms with Crippen molar-refractivity contribution in [1.82, 2.24) is 24.8 Å². The highest BCUT2D eigenvalue weighted by atomic mass is 16.2. The van der Waals surface area contributed by atoms with Crippen LogP contribution in [0.4, 0.5) is 5.82 Å². The van der Waals surface area contributed by atoms with Gasteiger partial charge in [-0.1, -0.05) is 6.07 Å². The normalized spacial score (nSPS) is 18.2. The van der Waals surface area contributed by atoms with Gasteiger partial charge in [0.05, 0.1) is 5.69 Å². The summed E-state index contributed by atoms with van der Waals surface area (Å²) in [5.74, 6) is 1.36. The van der Waals surface area contributed by atoms with Crippen LogP contribution in [0.1, 0.15) is 18.3 Å². The summed E-state index contributed by atoms with van der Waals surface area (Å²) in [6.45, 7) is 5.75. The molecule has 7 heteroatoms. The molecule has 27 heavy (non-hydrogen) atoms. The molecule has 1 amide bonds. The van der Waals surface area contributed by atoms with Gasteiger partial charge >= 0.3 is 0 Å². The van der Waals surface area contributed by atoms with Crippen LogP contribution in [0.15, 0.2) is 36.8 Å². The van der Waals surface area contributed by atoms with Crippen LogP contribution >= 0.6 is 0 Å². The Bertz CT molecular complexity index is 751. The Hall–Kier alpha value is -2.54. The standard InChI is InChI=1S/C20H28N6O/c1-16(27)26-9-8-25(14-18-6-4-5-7-21-18)12-17(13-26)10-19-11-20(24(2)3)23-15-22-19/h4-7,11,15,17H,8-10,12-14H2,1-3H3/t17-/m0/s1. The number of aromatic nitrogens is 3. The molecule has 3 heterocycles. The summed E-state index contributed by atoms with van der Waals surface area (Å²) in [6.07, 6.45) is 4.28. The second kappa shape index (κ2) is 8.90. The Morgan fingerprint density at radius 2 is 2.00 bits per heavy atom. The maximum Gasteiger partial charge on any atom is 0.219 e. The zero-order valence-corrected chi connectivity index (χ0v) is 16.4. The lowest BCUT2D eigenvalue weighted by molar-refractivity contribution is -0.129. The van der Waals surface area contributed by atoms with E-state index in [1.165, 1.54) is 0 Å². The predicted octanol–water partition coefficient (Wildman–Crippen LogP) is 1.46. The monoisotopic (exact) mass is 368 g/mol. The highest BCUT2D eigenvalue weighted by Crippen LogP contribution is 2.18. The number of carbonyl (C=O) groups excluding carboxylic acids is 1. The number of nitrogens with zero attached hydrogens (tertiary/aromatic N) is 6. The summed E-state index contributed by atoms with van der Waals surface area (Å²) >= 11 is 0. The third kappa shape index (κ3) is 5.47. The summed E-state index contributed by atoms with van der Waals surface area (Å²) in [5, 5.41) is 0. The highest BCUT2D eigenvalue weighted by Gasteiger charge is 2.25. The summed E-state index contributed by atoms with van der Waals surface area (Å²) in [7, 11) is 3.95. The van der Waals surface area contributed by atoms with E-state index in [1.807, 2.05) is 48.3 Å². The second-order valence-corrected chi connectivity index (χ2v) is 7.35. The molecule has 0 spiro atoms. The zero-order chi connectivity index (χ0) is 19.2. The smallest absolute Gasteiger partial charge is 0.219 e. The van der Waals surface area contributed by atoms with E-state index >= 15 is 0 Å². The molecule has 1 aliphatic rings. The first-order valence-electron chi connectivity index (χ1n) is 9.37. The number of hydrogen-bond acceptors (Lipinski definition) is 6. The van der Waals surface area contributed by atoms with Gasteiger partial charge < -0.3 is 9.80 Å². The van der Waals surface area contributed by atoms with Gasteiger partial charge in [-0.05, 0) is 24.5 Å². The van der Waals surface area contributed by atoms with Crippen LogP contribution < -0.4 is 4.90 Å². The molecule has 144 valence electrons. The van der Waals surface area contributed by atoms with Crippen molar-refractivity contribution in [3.63, 3.8) is 0 Å². The van der Waals surface area contributed by atoms with Gasteiger partial charge in [0.1, 0.15) is 12.1 Å². The molecule has 1 atom stereocenters. The van der Waals surface area contributed by atoms with Crippen LogP contribution in [-0.4, -0.2) is 70.9 Å². The van der Waals surface area contributed by atoms with Crippen molar-refractivity contribution in [2.75, 3.05) is 45.2 Å². The first-order valence-corrected chi connectivity index (χ1v) is 9.37. The molecule has 0 radical (unpaired) electrons. The SMILES string of the molecule is CC(=O)N1CCN(Cc2ccccn2)C[C@H](Cc2cc(N(C)C)ncn2)C1. The van der Waals surface area contributed by atoms with E-state index in [4.69, 9.17) is 0 Å². The van der Waals surface area contributed by atoms with E-state index in [-0.39, 0.29) is 5.91 Å². The number of carbonyl (C=O) groups is 1. The van der Waals surface area contributed by atoms with Gasteiger partial charge in [-0.25, -0.2) is 9.97 Å². The lowest BCUT2D eigenvalue weighted by Crippen LogP contribution is -2.34. The first-order chi connectivity index (χ1) is 13.0. The molecule has 0 saturated carbocycles. The highest BCUT2D eigenvalue weighted by molar-refractivity contribution is 5.73. The summed E-state index contributed by atoms with van der Waals surface area (Å²) in [4.78, 5) is 31.5. The molecule has 0 unspecified atom stereocenters. The third-order valence-electron chi connectivity index (χ3n) is 4.90. The van der Waals surface area contributed by atoms with E-state index < -0.39 is 0 Å². The Balaban J connectivity index is 1.74. The number of pyridine rings is 1. The zero-order valence-electron chi connectivity index (χ0n) is 16.4. The molecule has 7 nitrogen and oxygen atoms in total. The Morgan fingerprint density at radius 1 is 1.15 bits per heavy atom. The molecular formula is C20H28N6O. The lowest BCUT2D eigenvalue weighted by atomic mass is 10.0. The van der Waals surface area contributed by atoms with E-state index in [0.29, 0.717) is 5.92 Å². The maximum atomic E-state index is 12.0. The Kier molecular flexibility index (Phi) is 6.34. The van der Waals surface area contributed by atoms with Crippen molar-refractivity contribution < 1.29 is 4.79 Å². The predicted molar refractivity (Wildman–Crippen MR) is 105 cm³/mol. The van der Waals surface area contributed by atoms with E-state index in [2.05, 4.69) is 25.9 Å². The molecular weight excluding hydrogens is 340 g/mol. The minimum atomic E-state index is 0.136. The molecule has 0 aliphatic carbocycles.